The van der Waals surface area contributed by atoms with Crippen LogP contribution in [0.25, 0.3) is 0 Å². The maximum absolute atomic E-state index is 12.7. The number of thioether (sulfide) groups is 1. The Kier molecular flexibility index (Phi) is 39.7. The standard InChI is InChI=1S/C41H81N3O7S/c1-3-5-7-9-11-13-15-17-19-26-39(45)50-34-37(51-40(46)27-20-18-16-14-12-10-8-6-4-2)35-52-36-38(43)41(47)44-29-25-33-49-32-24-23-31-48-30-22-21-28-42/h37-38H,3-36,42-43H2,1-2H3,(H,44,47)/t37-,38-/m1/s1. The number of hydrogen-bond acceptors (Lipinski definition) is 10. The lowest BCUT2D eigenvalue weighted by Gasteiger charge is -2.19. The van der Waals surface area contributed by atoms with Crippen LogP contribution < -0.4 is 16.8 Å². The molecule has 0 unspecified atom stereocenters. The molecule has 0 aliphatic rings. The Balaban J connectivity index is 4.37. The summed E-state index contributed by atoms with van der Waals surface area (Å²) >= 11 is 1.44. The van der Waals surface area contributed by atoms with E-state index in [9.17, 15) is 14.4 Å². The molecule has 1 amide bonds. The van der Waals surface area contributed by atoms with Gasteiger partial charge in [0.05, 0.1) is 6.04 Å². The first-order chi connectivity index (χ1) is 25.4. The molecule has 0 radical (unpaired) electrons. The van der Waals surface area contributed by atoms with Crippen LogP contribution >= 0.6 is 11.8 Å². The van der Waals surface area contributed by atoms with Crippen molar-refractivity contribution in [3.63, 3.8) is 0 Å². The molecule has 0 saturated heterocycles. The van der Waals surface area contributed by atoms with Gasteiger partial charge < -0.3 is 35.7 Å². The van der Waals surface area contributed by atoms with Crippen molar-refractivity contribution in [2.45, 2.75) is 187 Å². The maximum Gasteiger partial charge on any atom is 0.306 e. The molecular formula is C41H81N3O7S. The van der Waals surface area contributed by atoms with Crippen LogP contribution in [0, 0.1) is 0 Å². The summed E-state index contributed by atoms with van der Waals surface area (Å²) in [6.07, 6.45) is 26.0. The van der Waals surface area contributed by atoms with Gasteiger partial charge in [0.15, 0.2) is 0 Å². The van der Waals surface area contributed by atoms with Gasteiger partial charge in [0.25, 0.3) is 0 Å². The zero-order valence-corrected chi connectivity index (χ0v) is 34.4. The van der Waals surface area contributed by atoms with Crippen LogP contribution in [-0.4, -0.2) is 87.6 Å². The summed E-state index contributed by atoms with van der Waals surface area (Å²) in [4.78, 5) is 37.7. The molecule has 0 aromatic heterocycles. The van der Waals surface area contributed by atoms with Crippen LogP contribution in [0.3, 0.4) is 0 Å². The molecule has 52 heavy (non-hydrogen) atoms. The van der Waals surface area contributed by atoms with E-state index < -0.39 is 12.1 Å². The molecule has 5 N–H and O–H groups in total. The largest absolute Gasteiger partial charge is 0.462 e. The number of amides is 1. The molecule has 0 bridgehead atoms. The average Bonchev–Trinajstić information content (AvgIpc) is 3.14. The minimum absolute atomic E-state index is 0.0238. The molecule has 11 heteroatoms. The highest BCUT2D eigenvalue weighted by molar-refractivity contribution is 7.99. The summed E-state index contributed by atoms with van der Waals surface area (Å²) in [5.74, 6) is 0.0404. The van der Waals surface area contributed by atoms with Crippen molar-refractivity contribution in [2.75, 3.05) is 57.6 Å². The van der Waals surface area contributed by atoms with Crippen molar-refractivity contribution < 1.29 is 33.3 Å². The average molecular weight is 760 g/mol. The molecule has 0 spiro atoms. The first kappa shape index (κ1) is 50.6. The molecule has 0 heterocycles. The third-order valence-corrected chi connectivity index (χ3v) is 10.2. The summed E-state index contributed by atoms with van der Waals surface area (Å²) in [7, 11) is 0. The molecule has 0 aliphatic carbocycles. The van der Waals surface area contributed by atoms with Crippen molar-refractivity contribution in [2.24, 2.45) is 11.5 Å². The van der Waals surface area contributed by atoms with Gasteiger partial charge in [-0.05, 0) is 51.5 Å². The number of unbranched alkanes of at least 4 members (excludes halogenated alkanes) is 18. The summed E-state index contributed by atoms with van der Waals surface area (Å²) in [6, 6.07) is -0.691. The van der Waals surface area contributed by atoms with Gasteiger partial charge in [0.2, 0.25) is 5.91 Å². The first-order valence-corrected chi connectivity index (χ1v) is 22.4. The molecule has 10 nitrogen and oxygen atoms in total. The van der Waals surface area contributed by atoms with Gasteiger partial charge >= 0.3 is 11.9 Å². The van der Waals surface area contributed by atoms with Crippen molar-refractivity contribution in [3.8, 4) is 0 Å². The topological polar surface area (TPSA) is 152 Å². The number of carbonyl (C=O) groups is 3. The fourth-order valence-electron chi connectivity index (χ4n) is 5.66. The number of esters is 2. The van der Waals surface area contributed by atoms with Crippen molar-refractivity contribution in [1.29, 1.82) is 0 Å². The Labute approximate surface area is 323 Å². The smallest absolute Gasteiger partial charge is 0.306 e. The van der Waals surface area contributed by atoms with Gasteiger partial charge in [0.1, 0.15) is 12.7 Å². The van der Waals surface area contributed by atoms with Gasteiger partial charge in [-0.25, -0.2) is 0 Å². The van der Waals surface area contributed by atoms with Crippen LogP contribution in [0.4, 0.5) is 0 Å². The molecule has 308 valence electrons. The van der Waals surface area contributed by atoms with E-state index in [1.807, 2.05) is 0 Å². The van der Waals surface area contributed by atoms with Crippen LogP contribution in [0.2, 0.25) is 0 Å². The monoisotopic (exact) mass is 760 g/mol. The molecule has 0 aliphatic heterocycles. The Morgan fingerprint density at radius 3 is 1.56 bits per heavy atom. The lowest BCUT2D eigenvalue weighted by Crippen LogP contribution is -2.43. The lowest BCUT2D eigenvalue weighted by molar-refractivity contribution is -0.157. The number of hydrogen-bond donors (Lipinski definition) is 3. The molecule has 0 saturated carbocycles. The summed E-state index contributed by atoms with van der Waals surface area (Å²) in [5, 5.41) is 2.88. The molecule has 0 rings (SSSR count). The van der Waals surface area contributed by atoms with Crippen molar-refractivity contribution in [1.82, 2.24) is 5.32 Å². The van der Waals surface area contributed by atoms with E-state index in [1.165, 1.54) is 88.8 Å². The highest BCUT2D eigenvalue weighted by Gasteiger charge is 2.20. The zero-order valence-electron chi connectivity index (χ0n) is 33.6. The second kappa shape index (κ2) is 40.8. The second-order valence-corrected chi connectivity index (χ2v) is 15.2. The third kappa shape index (κ3) is 36.9. The highest BCUT2D eigenvalue weighted by Crippen LogP contribution is 2.15. The van der Waals surface area contributed by atoms with Crippen molar-refractivity contribution >= 4 is 29.6 Å². The Morgan fingerprint density at radius 1 is 0.577 bits per heavy atom. The van der Waals surface area contributed by atoms with E-state index in [2.05, 4.69) is 19.2 Å². The SMILES string of the molecule is CCCCCCCCCCCC(=O)OC[C@H](CSC[C@@H](N)C(=O)NCCCOCCCCOCCCCN)OC(=O)CCCCCCCCCCC. The number of ether oxygens (including phenoxy) is 4. The van der Waals surface area contributed by atoms with Crippen LogP contribution in [-0.2, 0) is 33.3 Å². The fraction of sp³-hybridized carbons (Fsp3) is 0.927. The molecule has 2 atom stereocenters. The van der Waals surface area contributed by atoms with Gasteiger partial charge in [-0.1, -0.05) is 117 Å². The van der Waals surface area contributed by atoms with Gasteiger partial charge in [0, 0.05) is 57.3 Å². The van der Waals surface area contributed by atoms with Crippen LogP contribution in [0.5, 0.6) is 0 Å². The summed E-state index contributed by atoms with van der Waals surface area (Å²) in [6.45, 7) is 8.45. The number of nitrogens with two attached hydrogens (primary N) is 2. The fourth-order valence-corrected chi connectivity index (χ4v) is 6.63. The molecule has 0 aromatic carbocycles. The maximum atomic E-state index is 12.7. The minimum Gasteiger partial charge on any atom is -0.462 e. The molecule has 0 fully saturated rings. The Morgan fingerprint density at radius 2 is 1.04 bits per heavy atom. The molecular weight excluding hydrogens is 679 g/mol. The van der Waals surface area contributed by atoms with Gasteiger partial charge in [-0.3, -0.25) is 14.4 Å². The normalized spacial score (nSPS) is 12.5. The Bertz CT molecular complexity index is 808. The zero-order chi connectivity index (χ0) is 38.2. The third-order valence-electron chi connectivity index (χ3n) is 8.97. The van der Waals surface area contributed by atoms with E-state index in [1.54, 1.807) is 0 Å². The second-order valence-electron chi connectivity index (χ2n) is 14.2. The van der Waals surface area contributed by atoms with Gasteiger partial charge in [-0.2, -0.15) is 11.8 Å². The van der Waals surface area contributed by atoms with Crippen LogP contribution in [0.1, 0.15) is 174 Å². The lowest BCUT2D eigenvalue weighted by atomic mass is 10.1. The van der Waals surface area contributed by atoms with E-state index in [0.717, 1.165) is 77.4 Å². The molecule has 0 aromatic rings. The predicted octanol–water partition coefficient (Wildman–Crippen LogP) is 8.40. The minimum atomic E-state index is -0.691. The van der Waals surface area contributed by atoms with Gasteiger partial charge in [-0.15, -0.1) is 0 Å². The van der Waals surface area contributed by atoms with E-state index in [-0.39, 0.29) is 24.5 Å². The number of nitrogens with one attached hydrogen (secondary N) is 1. The predicted molar refractivity (Wildman–Crippen MR) is 217 cm³/mol. The first-order valence-electron chi connectivity index (χ1n) is 21.3. The highest BCUT2D eigenvalue weighted by atomic mass is 32.2. The summed E-state index contributed by atoms with van der Waals surface area (Å²) < 4.78 is 22.5. The quantitative estimate of drug-likeness (QED) is 0.0409. The van der Waals surface area contributed by atoms with E-state index in [0.29, 0.717) is 57.1 Å². The number of rotatable bonds is 41. The Hall–Kier alpha value is -1.40. The number of carbonyl (C=O) groups excluding carboxylic acids is 3. The van der Waals surface area contributed by atoms with Crippen LogP contribution in [0.15, 0.2) is 0 Å². The van der Waals surface area contributed by atoms with E-state index in [4.69, 9.17) is 30.4 Å². The van der Waals surface area contributed by atoms with E-state index >= 15 is 0 Å². The summed E-state index contributed by atoms with van der Waals surface area (Å²) in [5.41, 5.74) is 11.6. The van der Waals surface area contributed by atoms with Crippen molar-refractivity contribution in [3.05, 3.63) is 0 Å².